The Kier molecular flexibility index (Phi) is 13.5. The topological polar surface area (TPSA) is 142 Å². The molecule has 1 aliphatic carbocycles. The van der Waals surface area contributed by atoms with E-state index in [0.29, 0.717) is 24.4 Å². The van der Waals surface area contributed by atoms with Crippen molar-refractivity contribution in [2.45, 2.75) is 120 Å². The number of amides is 4. The van der Waals surface area contributed by atoms with Crippen LogP contribution in [0.25, 0.3) is 43.6 Å². The number of hydrogen-bond acceptors (Lipinski definition) is 8. The Labute approximate surface area is 445 Å². The number of carbonyl (C=O) groups excluding carboxylic acids is 4. The number of piperidine rings is 1. The van der Waals surface area contributed by atoms with Gasteiger partial charge in [0.25, 0.3) is 11.8 Å². The van der Waals surface area contributed by atoms with E-state index in [1.165, 1.54) is 18.4 Å². The lowest BCUT2D eigenvalue weighted by Crippen LogP contribution is -2.61. The average molecular weight is 1030 g/mol. The summed E-state index contributed by atoms with van der Waals surface area (Å²) in [6.07, 6.45) is 8.56. The number of rotatable bonds is 11. The van der Waals surface area contributed by atoms with Gasteiger partial charge in [0, 0.05) is 79.9 Å². The smallest absolute Gasteiger partial charge is 0.253 e. The number of nitrogens with one attached hydrogen (secondary N) is 3. The van der Waals surface area contributed by atoms with E-state index in [2.05, 4.69) is 96.4 Å². The van der Waals surface area contributed by atoms with Gasteiger partial charge in [-0.1, -0.05) is 104 Å². The van der Waals surface area contributed by atoms with Crippen molar-refractivity contribution in [2.24, 2.45) is 11.8 Å². The summed E-state index contributed by atoms with van der Waals surface area (Å²) in [5.41, 5.74) is 6.83. The molecular formula is C62H72N8O6. The van der Waals surface area contributed by atoms with Crippen LogP contribution in [0.5, 0.6) is 0 Å². The molecule has 396 valence electrons. The number of benzene rings is 5. The number of para-hydroxylation sites is 2. The molecule has 5 aliphatic heterocycles. The van der Waals surface area contributed by atoms with E-state index in [1.54, 1.807) is 14.2 Å². The molecular weight excluding hydrogens is 953 g/mol. The molecule has 0 unspecified atom stereocenters. The molecule has 4 amide bonds. The van der Waals surface area contributed by atoms with Crippen molar-refractivity contribution in [1.82, 2.24) is 39.8 Å². The highest BCUT2D eigenvalue weighted by molar-refractivity contribution is 6.31. The van der Waals surface area contributed by atoms with Gasteiger partial charge in [0.1, 0.15) is 18.4 Å². The maximum Gasteiger partial charge on any atom is 0.253 e. The van der Waals surface area contributed by atoms with Crippen LogP contribution in [-0.2, 0) is 37.8 Å². The molecule has 3 saturated heterocycles. The summed E-state index contributed by atoms with van der Waals surface area (Å²) in [6.45, 7) is 8.37. The summed E-state index contributed by atoms with van der Waals surface area (Å²) in [5.74, 6) is 0.850. The van der Waals surface area contributed by atoms with Crippen LogP contribution in [-0.4, -0.2) is 125 Å². The van der Waals surface area contributed by atoms with Crippen molar-refractivity contribution in [3.05, 3.63) is 131 Å². The number of methoxy groups -OCH3 is 1. The summed E-state index contributed by atoms with van der Waals surface area (Å²) in [6, 6.07) is 36.0. The molecule has 1 saturated carbocycles. The summed E-state index contributed by atoms with van der Waals surface area (Å²) < 4.78 is 18.1. The second-order valence-electron chi connectivity index (χ2n) is 22.5. The highest BCUT2D eigenvalue weighted by Crippen LogP contribution is 2.54. The van der Waals surface area contributed by atoms with Crippen molar-refractivity contribution in [2.75, 3.05) is 47.4 Å². The molecule has 6 aliphatic rings. The van der Waals surface area contributed by atoms with Gasteiger partial charge in [0.05, 0.1) is 39.7 Å². The van der Waals surface area contributed by atoms with Gasteiger partial charge in [-0.2, -0.15) is 0 Å². The highest BCUT2D eigenvalue weighted by atomic mass is 16.6. The van der Waals surface area contributed by atoms with Gasteiger partial charge in [-0.25, -0.2) is 0 Å². The fraction of sp³-hybridized carbons (Fsp3) is 0.452. The van der Waals surface area contributed by atoms with E-state index in [4.69, 9.17) is 9.47 Å². The van der Waals surface area contributed by atoms with Crippen molar-refractivity contribution in [3.63, 3.8) is 0 Å². The number of hydrogen-bond donors (Lipinski definition) is 3. The van der Waals surface area contributed by atoms with Crippen LogP contribution < -0.4 is 16.0 Å². The van der Waals surface area contributed by atoms with E-state index in [-0.39, 0.29) is 53.7 Å². The van der Waals surface area contributed by atoms with Gasteiger partial charge in [-0.3, -0.25) is 19.2 Å². The number of carbonyl (C=O) groups is 4. The Morgan fingerprint density at radius 1 is 0.842 bits per heavy atom. The van der Waals surface area contributed by atoms with Crippen molar-refractivity contribution < 1.29 is 28.7 Å². The van der Waals surface area contributed by atoms with Gasteiger partial charge >= 0.3 is 0 Å². The van der Waals surface area contributed by atoms with Crippen LogP contribution in [0.15, 0.2) is 109 Å². The molecule has 7 heterocycles. The quantitative estimate of drug-likeness (QED) is 0.117. The zero-order valence-corrected chi connectivity index (χ0v) is 44.6. The molecule has 4 fully saturated rings. The third-order valence-corrected chi connectivity index (χ3v) is 18.3. The molecule has 0 spiro atoms. The molecule has 3 N–H and O–H groups in total. The van der Waals surface area contributed by atoms with E-state index < -0.39 is 18.1 Å². The first-order valence-corrected chi connectivity index (χ1v) is 27.9. The third kappa shape index (κ3) is 8.38. The molecule has 76 heavy (non-hydrogen) atoms. The number of nitrogens with zero attached hydrogens (tertiary/aromatic N) is 5. The maximum atomic E-state index is 13.9. The zero-order chi connectivity index (χ0) is 52.4. The second-order valence-corrected chi connectivity index (χ2v) is 22.5. The summed E-state index contributed by atoms with van der Waals surface area (Å²) >= 11 is 0. The van der Waals surface area contributed by atoms with E-state index >= 15 is 0 Å². The van der Waals surface area contributed by atoms with Crippen LogP contribution in [0.3, 0.4) is 0 Å². The van der Waals surface area contributed by atoms with Crippen LogP contribution >= 0.6 is 0 Å². The van der Waals surface area contributed by atoms with E-state index in [0.717, 1.165) is 119 Å². The van der Waals surface area contributed by atoms with Crippen molar-refractivity contribution in [1.29, 1.82) is 0 Å². The predicted molar refractivity (Wildman–Crippen MR) is 297 cm³/mol. The Morgan fingerprint density at radius 2 is 1.51 bits per heavy atom. The summed E-state index contributed by atoms with van der Waals surface area (Å²) in [5, 5.41) is 13.4. The number of ether oxygens (including phenoxy) is 2. The number of aromatic nitrogens is 2. The van der Waals surface area contributed by atoms with Crippen LogP contribution in [0, 0.1) is 11.8 Å². The Balaban J connectivity index is 0.000000159. The molecule has 14 heteroatoms. The van der Waals surface area contributed by atoms with Gasteiger partial charge in [-0.05, 0) is 107 Å². The third-order valence-electron chi connectivity index (χ3n) is 18.3. The van der Waals surface area contributed by atoms with E-state index in [1.807, 2.05) is 73.5 Å². The predicted octanol–water partition coefficient (Wildman–Crippen LogP) is 8.73. The molecule has 14 nitrogen and oxygen atoms in total. The van der Waals surface area contributed by atoms with Gasteiger partial charge in [0.15, 0.2) is 5.72 Å². The molecule has 2 aromatic heterocycles. The molecule has 13 rings (SSSR count). The van der Waals surface area contributed by atoms with E-state index in [9.17, 15) is 19.2 Å². The van der Waals surface area contributed by atoms with Gasteiger partial charge in [-0.15, -0.1) is 0 Å². The largest absolute Gasteiger partial charge is 0.374 e. The normalized spacial score (nSPS) is 24.9. The molecule has 0 radical (unpaired) electrons. The van der Waals surface area contributed by atoms with Gasteiger partial charge < -0.3 is 49.3 Å². The SMILES string of the molecule is CN[C@@H](C)C(=O)N[C@H](C(=O)N1CC[C@H]2CCN(CCc3ccccc3)C[C@H]21)C1CCCCC1.CO[C@@H]1[C@H](N(C)C(=O)c2ccccc2)C[C@H]2O[C@]1(C)n1c3ccccc3c3c4c(c5c6ccccc6n2c5c31)C(=O)NC4. The van der Waals surface area contributed by atoms with Crippen molar-refractivity contribution >= 4 is 67.2 Å². The Morgan fingerprint density at radius 3 is 2.24 bits per heavy atom. The fourth-order valence-corrected chi connectivity index (χ4v) is 14.4. The number of fused-ring (bicyclic) bond motifs is 14. The Bertz CT molecular complexity index is 3350. The fourth-order valence-electron chi connectivity index (χ4n) is 14.4. The highest BCUT2D eigenvalue weighted by Gasteiger charge is 2.55. The monoisotopic (exact) mass is 1020 g/mol. The molecule has 7 aromatic rings. The Hall–Kier alpha value is -6.58. The minimum atomic E-state index is -0.980. The second kappa shape index (κ2) is 20.4. The molecule has 5 aromatic carbocycles. The first-order valence-electron chi connectivity index (χ1n) is 27.9. The van der Waals surface area contributed by atoms with Crippen LogP contribution in [0.1, 0.15) is 103 Å². The zero-order valence-electron chi connectivity index (χ0n) is 44.6. The standard InChI is InChI=1S/C35H30N4O4.C27H42N4O2/c1-35-32(42-3)25(37(2)34(41)19-11-5-4-6-12-19)17-26(43-35)38-23-15-9-7-13-20(23)28-29-22(18-36-33(29)40)27-21-14-8-10-16-24(21)39(35)31(27)30(28)38;1-20(28-2)26(32)29-25(23-11-7-4-8-12-23)27(33)31-18-15-22-14-17-30(19-24(22)31)16-13-21-9-5-3-6-10-21/h4-16,25-26,32H,17-18H2,1-3H3,(H,36,40);3,5-6,9-10,20,22-25,28H,4,7-8,11-19H2,1-2H3,(H,29,32)/t25-,26-,32-,35+;20-,22+,24+,25-/m10/s1. The lowest BCUT2D eigenvalue weighted by molar-refractivity contribution is -0.264. The minimum Gasteiger partial charge on any atom is -0.374 e. The number of likely N-dealkylation sites (tertiary alicyclic amines) is 2. The number of likely N-dealkylation sites (N-methyl/N-ethyl adjacent to an activating group) is 2. The average Bonchev–Trinajstić information content (AvgIpc) is 4.38. The molecule has 2 bridgehead atoms. The lowest BCUT2D eigenvalue weighted by Gasteiger charge is -2.50. The first kappa shape index (κ1) is 50.2. The maximum absolute atomic E-state index is 13.9. The minimum absolute atomic E-state index is 0.0446. The summed E-state index contributed by atoms with van der Waals surface area (Å²) in [4.78, 5) is 60.6. The molecule has 8 atom stereocenters. The summed E-state index contributed by atoms with van der Waals surface area (Å²) in [7, 11) is 5.36. The van der Waals surface area contributed by atoms with Gasteiger partial charge in [0.2, 0.25) is 11.8 Å². The lowest BCUT2D eigenvalue weighted by atomic mass is 9.83. The van der Waals surface area contributed by atoms with Crippen LogP contribution in [0.4, 0.5) is 0 Å². The van der Waals surface area contributed by atoms with Crippen LogP contribution in [0.2, 0.25) is 0 Å². The van der Waals surface area contributed by atoms with Crippen molar-refractivity contribution in [3.8, 4) is 0 Å². The first-order chi connectivity index (χ1) is 37.0.